The molecule has 162 valence electrons. The quantitative estimate of drug-likeness (QED) is 0.455. The number of likely N-dealkylation sites (tertiary alicyclic amines) is 1. The molecule has 0 aromatic heterocycles. The SMILES string of the molecule is COc1ccc(CN=C(N)NCc2ccccc2CN2CCC(O)CC2)cc1OC. The van der Waals surface area contributed by atoms with Crippen molar-refractivity contribution in [3.8, 4) is 11.5 Å². The van der Waals surface area contributed by atoms with E-state index in [9.17, 15) is 5.11 Å². The fraction of sp³-hybridized carbons (Fsp3) is 0.435. The lowest BCUT2D eigenvalue weighted by Crippen LogP contribution is -2.36. The fourth-order valence-electron chi connectivity index (χ4n) is 3.60. The van der Waals surface area contributed by atoms with E-state index in [-0.39, 0.29) is 6.10 Å². The van der Waals surface area contributed by atoms with E-state index in [0.717, 1.165) is 38.0 Å². The van der Waals surface area contributed by atoms with Crippen molar-refractivity contribution in [1.82, 2.24) is 10.2 Å². The third-order valence-corrected chi connectivity index (χ3v) is 5.41. The molecule has 4 N–H and O–H groups in total. The first-order valence-electron chi connectivity index (χ1n) is 10.3. The number of aliphatic imine (C=N–C) groups is 1. The second kappa shape index (κ2) is 10.8. The number of rotatable bonds is 8. The highest BCUT2D eigenvalue weighted by molar-refractivity contribution is 5.77. The summed E-state index contributed by atoms with van der Waals surface area (Å²) in [5.41, 5.74) is 9.56. The van der Waals surface area contributed by atoms with E-state index in [1.807, 2.05) is 24.3 Å². The molecule has 1 heterocycles. The van der Waals surface area contributed by atoms with Gasteiger partial charge < -0.3 is 25.6 Å². The number of hydrogen-bond donors (Lipinski definition) is 3. The molecule has 0 atom stereocenters. The van der Waals surface area contributed by atoms with Gasteiger partial charge in [0.25, 0.3) is 0 Å². The molecule has 1 aliphatic heterocycles. The van der Waals surface area contributed by atoms with Gasteiger partial charge in [-0.2, -0.15) is 0 Å². The molecule has 2 aromatic rings. The number of methoxy groups -OCH3 is 2. The van der Waals surface area contributed by atoms with Gasteiger partial charge >= 0.3 is 0 Å². The van der Waals surface area contributed by atoms with E-state index in [2.05, 4.69) is 33.4 Å². The molecule has 1 fully saturated rings. The van der Waals surface area contributed by atoms with E-state index in [0.29, 0.717) is 30.5 Å². The van der Waals surface area contributed by atoms with Crippen LogP contribution in [0.1, 0.15) is 29.5 Å². The Bertz CT molecular complexity index is 848. The lowest BCUT2D eigenvalue weighted by molar-refractivity contribution is 0.0791. The Kier molecular flexibility index (Phi) is 7.93. The van der Waals surface area contributed by atoms with E-state index < -0.39 is 0 Å². The van der Waals surface area contributed by atoms with Gasteiger partial charge in [0.1, 0.15) is 0 Å². The summed E-state index contributed by atoms with van der Waals surface area (Å²) in [4.78, 5) is 6.83. The molecule has 0 spiro atoms. The van der Waals surface area contributed by atoms with Crippen LogP contribution in [0.5, 0.6) is 11.5 Å². The summed E-state index contributed by atoms with van der Waals surface area (Å²) >= 11 is 0. The van der Waals surface area contributed by atoms with Crippen LogP contribution in [-0.2, 0) is 19.6 Å². The third kappa shape index (κ3) is 6.11. The zero-order chi connectivity index (χ0) is 21.3. The van der Waals surface area contributed by atoms with Crippen molar-refractivity contribution in [2.75, 3.05) is 27.3 Å². The number of nitrogens with zero attached hydrogens (tertiary/aromatic N) is 2. The number of ether oxygens (including phenoxy) is 2. The van der Waals surface area contributed by atoms with Crippen molar-refractivity contribution < 1.29 is 14.6 Å². The number of hydrogen-bond acceptors (Lipinski definition) is 5. The molecule has 0 radical (unpaired) electrons. The van der Waals surface area contributed by atoms with Crippen LogP contribution < -0.4 is 20.5 Å². The first-order chi connectivity index (χ1) is 14.6. The summed E-state index contributed by atoms with van der Waals surface area (Å²) in [6.07, 6.45) is 1.53. The van der Waals surface area contributed by atoms with Crippen molar-refractivity contribution in [1.29, 1.82) is 0 Å². The van der Waals surface area contributed by atoms with Gasteiger partial charge in [0.2, 0.25) is 0 Å². The van der Waals surface area contributed by atoms with Gasteiger partial charge in [0.05, 0.1) is 26.9 Å². The molecule has 1 saturated heterocycles. The average molecular weight is 413 g/mol. The fourth-order valence-corrected chi connectivity index (χ4v) is 3.60. The number of aliphatic hydroxyl groups excluding tert-OH is 1. The number of piperidine rings is 1. The van der Waals surface area contributed by atoms with Crippen LogP contribution in [0, 0.1) is 0 Å². The topological polar surface area (TPSA) is 92.3 Å². The summed E-state index contributed by atoms with van der Waals surface area (Å²) in [5.74, 6) is 1.77. The van der Waals surface area contributed by atoms with E-state index >= 15 is 0 Å². The molecule has 7 nitrogen and oxygen atoms in total. The zero-order valence-corrected chi connectivity index (χ0v) is 17.8. The molecule has 0 unspecified atom stereocenters. The number of aliphatic hydroxyl groups is 1. The first kappa shape index (κ1) is 21.9. The Morgan fingerprint density at radius 1 is 1.10 bits per heavy atom. The predicted octanol–water partition coefficient (Wildman–Crippen LogP) is 2.26. The molecule has 0 saturated carbocycles. The maximum atomic E-state index is 9.70. The van der Waals surface area contributed by atoms with Crippen LogP contribution in [0.4, 0.5) is 0 Å². The smallest absolute Gasteiger partial charge is 0.189 e. The molecule has 30 heavy (non-hydrogen) atoms. The number of nitrogens with two attached hydrogens (primary N) is 1. The van der Waals surface area contributed by atoms with Crippen LogP contribution in [0.3, 0.4) is 0 Å². The average Bonchev–Trinajstić information content (AvgIpc) is 2.78. The zero-order valence-electron chi connectivity index (χ0n) is 17.8. The Labute approximate surface area is 178 Å². The minimum Gasteiger partial charge on any atom is -0.493 e. The molecule has 0 bridgehead atoms. The molecule has 2 aromatic carbocycles. The Balaban J connectivity index is 1.56. The maximum Gasteiger partial charge on any atom is 0.189 e. The summed E-state index contributed by atoms with van der Waals surface area (Å²) in [5, 5.41) is 12.9. The van der Waals surface area contributed by atoms with Gasteiger partial charge in [-0.15, -0.1) is 0 Å². The lowest BCUT2D eigenvalue weighted by Gasteiger charge is -2.30. The van der Waals surface area contributed by atoms with Crippen molar-refractivity contribution >= 4 is 5.96 Å². The van der Waals surface area contributed by atoms with Crippen LogP contribution in [-0.4, -0.2) is 49.4 Å². The summed E-state index contributed by atoms with van der Waals surface area (Å²) in [7, 11) is 3.23. The van der Waals surface area contributed by atoms with Crippen molar-refractivity contribution in [2.24, 2.45) is 10.7 Å². The van der Waals surface area contributed by atoms with E-state index in [1.54, 1.807) is 14.2 Å². The Morgan fingerprint density at radius 2 is 1.80 bits per heavy atom. The highest BCUT2D eigenvalue weighted by Crippen LogP contribution is 2.27. The molecular weight excluding hydrogens is 380 g/mol. The van der Waals surface area contributed by atoms with Gasteiger partial charge in [-0.25, -0.2) is 4.99 Å². The maximum absolute atomic E-state index is 9.70. The van der Waals surface area contributed by atoms with E-state index in [4.69, 9.17) is 15.2 Å². The summed E-state index contributed by atoms with van der Waals surface area (Å²) in [6, 6.07) is 14.1. The number of nitrogens with one attached hydrogen (secondary N) is 1. The second-order valence-electron chi connectivity index (χ2n) is 7.52. The Morgan fingerprint density at radius 3 is 2.50 bits per heavy atom. The predicted molar refractivity (Wildman–Crippen MR) is 119 cm³/mol. The van der Waals surface area contributed by atoms with Gasteiger partial charge in [-0.1, -0.05) is 30.3 Å². The number of benzene rings is 2. The molecular formula is C23H32N4O3. The van der Waals surface area contributed by atoms with Crippen molar-refractivity contribution in [2.45, 2.75) is 38.6 Å². The highest BCUT2D eigenvalue weighted by Gasteiger charge is 2.17. The molecule has 0 amide bonds. The van der Waals surface area contributed by atoms with Crippen LogP contribution in [0.25, 0.3) is 0 Å². The van der Waals surface area contributed by atoms with Crippen LogP contribution >= 0.6 is 0 Å². The van der Waals surface area contributed by atoms with Gasteiger partial charge in [-0.05, 0) is 41.7 Å². The summed E-state index contributed by atoms with van der Waals surface area (Å²) < 4.78 is 10.6. The lowest BCUT2D eigenvalue weighted by atomic mass is 10.0. The monoisotopic (exact) mass is 412 g/mol. The van der Waals surface area contributed by atoms with Gasteiger partial charge in [-0.3, -0.25) is 4.90 Å². The second-order valence-corrected chi connectivity index (χ2v) is 7.52. The molecule has 3 rings (SSSR count). The molecule has 7 heteroatoms. The third-order valence-electron chi connectivity index (χ3n) is 5.41. The van der Waals surface area contributed by atoms with Gasteiger partial charge in [0.15, 0.2) is 17.5 Å². The summed E-state index contributed by atoms with van der Waals surface area (Å²) in [6.45, 7) is 3.81. The van der Waals surface area contributed by atoms with Gasteiger partial charge in [0, 0.05) is 26.2 Å². The minimum atomic E-state index is -0.153. The first-order valence-corrected chi connectivity index (χ1v) is 10.3. The van der Waals surface area contributed by atoms with Crippen LogP contribution in [0.15, 0.2) is 47.5 Å². The molecule has 1 aliphatic rings. The van der Waals surface area contributed by atoms with Crippen LogP contribution in [0.2, 0.25) is 0 Å². The minimum absolute atomic E-state index is 0.153. The molecule has 0 aliphatic carbocycles. The highest BCUT2D eigenvalue weighted by atomic mass is 16.5. The number of guanidine groups is 1. The standard InChI is InChI=1S/C23H32N4O3/c1-29-21-8-7-17(13-22(21)30-2)14-25-23(24)26-15-18-5-3-4-6-19(18)16-27-11-9-20(28)10-12-27/h3-8,13,20,28H,9-12,14-16H2,1-2H3,(H3,24,25,26). The van der Waals surface area contributed by atoms with Crippen molar-refractivity contribution in [3.63, 3.8) is 0 Å². The normalized spacial score (nSPS) is 15.8. The largest absolute Gasteiger partial charge is 0.493 e. The Hall–Kier alpha value is -2.77. The van der Waals surface area contributed by atoms with Crippen molar-refractivity contribution in [3.05, 3.63) is 59.2 Å². The van der Waals surface area contributed by atoms with E-state index in [1.165, 1.54) is 11.1 Å².